The summed E-state index contributed by atoms with van der Waals surface area (Å²) in [5, 5.41) is 0. The summed E-state index contributed by atoms with van der Waals surface area (Å²) in [7, 11) is 0. The lowest BCUT2D eigenvalue weighted by Gasteiger charge is -2.22. The molecule has 1 atom stereocenters. The largest absolute Gasteiger partial charge is 0.378 e. The Bertz CT molecular complexity index is 453. The van der Waals surface area contributed by atoms with E-state index in [1.54, 1.807) is 6.20 Å². The minimum Gasteiger partial charge on any atom is -0.378 e. The number of rotatable bonds is 2. The fourth-order valence-corrected chi connectivity index (χ4v) is 2.70. The van der Waals surface area contributed by atoms with Crippen LogP contribution >= 0.6 is 0 Å². The number of fused-ring (bicyclic) bond motifs is 1. The number of aryl methyl sites for hydroxylation is 1. The van der Waals surface area contributed by atoms with E-state index in [0.717, 1.165) is 55.8 Å². The molecular weight excluding hydrogens is 228 g/mol. The van der Waals surface area contributed by atoms with Crippen LogP contribution in [0.25, 0.3) is 0 Å². The summed E-state index contributed by atoms with van der Waals surface area (Å²) in [6.45, 7) is 0.855. The molecule has 4 heteroatoms. The van der Waals surface area contributed by atoms with Gasteiger partial charge >= 0.3 is 0 Å². The van der Waals surface area contributed by atoms with Crippen molar-refractivity contribution in [1.82, 2.24) is 9.97 Å². The first-order chi connectivity index (χ1) is 8.83. The first kappa shape index (κ1) is 11.8. The summed E-state index contributed by atoms with van der Waals surface area (Å²) in [5.74, 6) is 1.02. The molecule has 1 aliphatic heterocycles. The van der Waals surface area contributed by atoms with Crippen molar-refractivity contribution >= 4 is 5.78 Å². The Balaban J connectivity index is 1.75. The fourth-order valence-electron chi connectivity index (χ4n) is 2.70. The molecule has 0 bridgehead atoms. The van der Waals surface area contributed by atoms with E-state index in [9.17, 15) is 4.79 Å². The highest BCUT2D eigenvalue weighted by Crippen LogP contribution is 2.20. The molecule has 0 N–H and O–H groups in total. The molecule has 96 valence electrons. The van der Waals surface area contributed by atoms with Crippen molar-refractivity contribution in [3.8, 4) is 0 Å². The molecule has 1 aromatic heterocycles. The van der Waals surface area contributed by atoms with Gasteiger partial charge in [-0.15, -0.1) is 0 Å². The second-order valence-electron chi connectivity index (χ2n) is 5.12. The van der Waals surface area contributed by atoms with Gasteiger partial charge in [-0.3, -0.25) is 4.79 Å². The van der Waals surface area contributed by atoms with Crippen LogP contribution in [-0.4, -0.2) is 28.5 Å². The fraction of sp³-hybridized carbons (Fsp3) is 0.643. The van der Waals surface area contributed by atoms with E-state index in [1.165, 1.54) is 6.42 Å². The van der Waals surface area contributed by atoms with Crippen molar-refractivity contribution in [3.05, 3.63) is 23.3 Å². The third-order valence-corrected chi connectivity index (χ3v) is 3.72. The van der Waals surface area contributed by atoms with E-state index in [0.29, 0.717) is 6.42 Å². The van der Waals surface area contributed by atoms with Crippen LogP contribution in [0, 0.1) is 0 Å². The molecule has 0 spiro atoms. The maximum Gasteiger partial charge on any atom is 0.166 e. The predicted molar refractivity (Wildman–Crippen MR) is 66.6 cm³/mol. The Kier molecular flexibility index (Phi) is 3.37. The van der Waals surface area contributed by atoms with E-state index in [1.807, 2.05) is 0 Å². The quantitative estimate of drug-likeness (QED) is 0.802. The molecule has 4 nitrogen and oxygen atoms in total. The lowest BCUT2D eigenvalue weighted by atomic mass is 9.96. The van der Waals surface area contributed by atoms with Crippen LogP contribution < -0.4 is 0 Å². The standard InChI is InChI=1S/C14H18N2O2/c17-13-6-3-5-12-11(13)9-15-14(16-12)8-10-4-1-2-7-18-10/h9-10H,1-8H2. The normalized spacial score (nSPS) is 23.8. The van der Waals surface area contributed by atoms with Gasteiger partial charge in [-0.1, -0.05) is 0 Å². The van der Waals surface area contributed by atoms with Crippen LogP contribution in [0.1, 0.15) is 54.0 Å². The molecule has 2 aliphatic rings. The number of ketones is 1. The monoisotopic (exact) mass is 246 g/mol. The highest BCUT2D eigenvalue weighted by molar-refractivity contribution is 5.97. The molecule has 0 amide bonds. The van der Waals surface area contributed by atoms with Crippen LogP contribution in [-0.2, 0) is 17.6 Å². The van der Waals surface area contributed by atoms with Crippen molar-refractivity contribution in [2.45, 2.75) is 51.0 Å². The summed E-state index contributed by atoms with van der Waals surface area (Å²) < 4.78 is 5.70. The Hall–Kier alpha value is -1.29. The molecule has 18 heavy (non-hydrogen) atoms. The number of nitrogens with zero attached hydrogens (tertiary/aromatic N) is 2. The van der Waals surface area contributed by atoms with Gasteiger partial charge in [0, 0.05) is 25.6 Å². The Morgan fingerprint density at radius 2 is 2.22 bits per heavy atom. The maximum absolute atomic E-state index is 11.7. The minimum absolute atomic E-state index is 0.191. The van der Waals surface area contributed by atoms with Gasteiger partial charge in [0.2, 0.25) is 0 Å². The number of hydrogen-bond donors (Lipinski definition) is 0. The Morgan fingerprint density at radius 3 is 3.06 bits per heavy atom. The van der Waals surface area contributed by atoms with Crippen LogP contribution in [0.15, 0.2) is 6.20 Å². The third-order valence-electron chi connectivity index (χ3n) is 3.72. The first-order valence-electron chi connectivity index (χ1n) is 6.82. The number of aromatic nitrogens is 2. The molecule has 2 heterocycles. The molecule has 0 radical (unpaired) electrons. The summed E-state index contributed by atoms with van der Waals surface area (Å²) in [6.07, 6.45) is 8.70. The molecule has 0 aromatic carbocycles. The van der Waals surface area contributed by atoms with Crippen molar-refractivity contribution in [2.75, 3.05) is 6.61 Å². The second kappa shape index (κ2) is 5.14. The van der Waals surface area contributed by atoms with Gasteiger partial charge in [-0.2, -0.15) is 0 Å². The van der Waals surface area contributed by atoms with Crippen molar-refractivity contribution in [3.63, 3.8) is 0 Å². The van der Waals surface area contributed by atoms with E-state index in [4.69, 9.17) is 4.74 Å². The third kappa shape index (κ3) is 2.43. The Labute approximate surface area is 107 Å². The van der Waals surface area contributed by atoms with Crippen LogP contribution in [0.3, 0.4) is 0 Å². The zero-order chi connectivity index (χ0) is 12.4. The van der Waals surface area contributed by atoms with Gasteiger partial charge in [0.05, 0.1) is 17.4 Å². The molecule has 1 aromatic rings. The average molecular weight is 246 g/mol. The van der Waals surface area contributed by atoms with Gasteiger partial charge < -0.3 is 4.74 Å². The van der Waals surface area contributed by atoms with Crippen molar-refractivity contribution in [1.29, 1.82) is 0 Å². The van der Waals surface area contributed by atoms with Crippen LogP contribution in [0.2, 0.25) is 0 Å². The van der Waals surface area contributed by atoms with E-state index in [2.05, 4.69) is 9.97 Å². The SMILES string of the molecule is O=C1CCCc2nc(CC3CCCCO3)ncc21. The first-order valence-corrected chi connectivity index (χ1v) is 6.82. The minimum atomic E-state index is 0.191. The second-order valence-corrected chi connectivity index (χ2v) is 5.12. The van der Waals surface area contributed by atoms with Gasteiger partial charge in [0.1, 0.15) is 5.82 Å². The molecule has 1 saturated heterocycles. The molecule has 1 aliphatic carbocycles. The number of ether oxygens (including phenoxy) is 1. The predicted octanol–water partition coefficient (Wildman–Crippen LogP) is 2.11. The summed E-state index contributed by atoms with van der Waals surface area (Å²) in [6, 6.07) is 0. The zero-order valence-electron chi connectivity index (χ0n) is 10.5. The molecular formula is C14H18N2O2. The van der Waals surface area contributed by atoms with E-state index < -0.39 is 0 Å². The van der Waals surface area contributed by atoms with Gasteiger partial charge in [-0.05, 0) is 32.1 Å². The maximum atomic E-state index is 11.7. The highest BCUT2D eigenvalue weighted by Gasteiger charge is 2.21. The van der Waals surface area contributed by atoms with Crippen molar-refractivity contribution in [2.24, 2.45) is 0 Å². The van der Waals surface area contributed by atoms with E-state index in [-0.39, 0.29) is 11.9 Å². The van der Waals surface area contributed by atoms with Crippen LogP contribution in [0.4, 0.5) is 0 Å². The van der Waals surface area contributed by atoms with Gasteiger partial charge in [-0.25, -0.2) is 9.97 Å². The lowest BCUT2D eigenvalue weighted by Crippen LogP contribution is -2.23. The lowest BCUT2D eigenvalue weighted by molar-refractivity contribution is 0.0156. The number of carbonyl (C=O) groups excluding carboxylic acids is 1. The smallest absolute Gasteiger partial charge is 0.166 e. The van der Waals surface area contributed by atoms with Gasteiger partial charge in [0.25, 0.3) is 0 Å². The molecule has 1 fully saturated rings. The number of Topliss-reactive ketones (excluding diaryl/α,β-unsaturated/α-hetero) is 1. The molecule has 0 saturated carbocycles. The highest BCUT2D eigenvalue weighted by atomic mass is 16.5. The zero-order valence-corrected chi connectivity index (χ0v) is 10.5. The summed E-state index contributed by atoms with van der Waals surface area (Å²) >= 11 is 0. The number of hydrogen-bond acceptors (Lipinski definition) is 4. The van der Waals surface area contributed by atoms with Crippen molar-refractivity contribution < 1.29 is 9.53 Å². The average Bonchev–Trinajstić information content (AvgIpc) is 2.40. The Morgan fingerprint density at radius 1 is 1.28 bits per heavy atom. The topological polar surface area (TPSA) is 52.1 Å². The molecule has 1 unspecified atom stereocenters. The number of carbonyl (C=O) groups is 1. The molecule has 3 rings (SSSR count). The van der Waals surface area contributed by atoms with E-state index >= 15 is 0 Å². The summed E-state index contributed by atoms with van der Waals surface area (Å²) in [4.78, 5) is 20.6. The van der Waals surface area contributed by atoms with Crippen LogP contribution in [0.5, 0.6) is 0 Å². The van der Waals surface area contributed by atoms with Gasteiger partial charge in [0.15, 0.2) is 5.78 Å². The summed E-state index contributed by atoms with van der Waals surface area (Å²) in [5.41, 5.74) is 1.67.